The van der Waals surface area contributed by atoms with Gasteiger partial charge in [0.2, 0.25) is 5.89 Å². The number of hydrogen-bond acceptors (Lipinski definition) is 6. The van der Waals surface area contributed by atoms with E-state index in [0.717, 1.165) is 10.9 Å². The molecular weight excluding hydrogens is 334 g/mol. The van der Waals surface area contributed by atoms with Crippen molar-refractivity contribution in [2.45, 2.75) is 6.92 Å². The molecule has 0 bridgehead atoms. The molecule has 0 atom stereocenters. The number of carbonyl (C=O) groups excluding carboxylic acids is 1. The molecule has 0 spiro atoms. The minimum absolute atomic E-state index is 0.000610. The molecule has 26 heavy (non-hydrogen) atoms. The van der Waals surface area contributed by atoms with Crippen LogP contribution in [0.25, 0.3) is 22.4 Å². The quantitative estimate of drug-likeness (QED) is 0.582. The molecule has 0 radical (unpaired) electrons. The number of benzene rings is 2. The van der Waals surface area contributed by atoms with Crippen LogP contribution in [-0.4, -0.2) is 22.7 Å². The van der Waals surface area contributed by atoms with Crippen LogP contribution in [0.4, 0.5) is 6.01 Å². The van der Waals surface area contributed by atoms with Crippen molar-refractivity contribution in [3.05, 3.63) is 60.4 Å². The van der Waals surface area contributed by atoms with Gasteiger partial charge in [-0.2, -0.15) is 0 Å². The summed E-state index contributed by atoms with van der Waals surface area (Å²) in [5.74, 6) is 0.566. The molecule has 2 heterocycles. The molecule has 0 aliphatic heterocycles. The predicted octanol–water partition coefficient (Wildman–Crippen LogP) is 4.13. The predicted molar refractivity (Wildman–Crippen MR) is 95.1 cm³/mol. The summed E-state index contributed by atoms with van der Waals surface area (Å²) >= 11 is 0. The minimum atomic E-state index is -0.480. The number of rotatable bonds is 5. The average molecular weight is 349 g/mol. The van der Waals surface area contributed by atoms with Crippen LogP contribution < -0.4 is 10.1 Å². The fraction of sp³-hybridized carbons (Fsp3) is 0.105. The van der Waals surface area contributed by atoms with Crippen LogP contribution in [0.1, 0.15) is 17.5 Å². The fourth-order valence-electron chi connectivity index (χ4n) is 2.55. The number of anilines is 1. The van der Waals surface area contributed by atoms with Crippen LogP contribution in [0.15, 0.2) is 63.4 Å². The molecule has 1 amide bonds. The summed E-state index contributed by atoms with van der Waals surface area (Å²) in [4.78, 5) is 12.4. The number of carbonyl (C=O) groups is 1. The molecule has 7 nitrogen and oxygen atoms in total. The Kier molecular flexibility index (Phi) is 4.10. The lowest BCUT2D eigenvalue weighted by Gasteiger charge is -2.02. The summed E-state index contributed by atoms with van der Waals surface area (Å²) in [5.41, 5.74) is 1.29. The van der Waals surface area contributed by atoms with Gasteiger partial charge in [-0.3, -0.25) is 10.1 Å². The van der Waals surface area contributed by atoms with E-state index in [1.165, 1.54) is 0 Å². The summed E-state index contributed by atoms with van der Waals surface area (Å²) < 4.78 is 16.6. The van der Waals surface area contributed by atoms with Gasteiger partial charge in [-0.1, -0.05) is 35.4 Å². The van der Waals surface area contributed by atoms with E-state index < -0.39 is 5.91 Å². The molecule has 7 heteroatoms. The monoisotopic (exact) mass is 349 g/mol. The van der Waals surface area contributed by atoms with E-state index in [1.54, 1.807) is 12.1 Å². The van der Waals surface area contributed by atoms with Gasteiger partial charge in [-0.15, -0.1) is 5.10 Å². The summed E-state index contributed by atoms with van der Waals surface area (Å²) in [6.45, 7) is 2.39. The van der Waals surface area contributed by atoms with Crippen molar-refractivity contribution in [2.75, 3.05) is 11.9 Å². The number of para-hydroxylation sites is 1. The number of nitrogens with one attached hydrogen (secondary N) is 1. The van der Waals surface area contributed by atoms with Gasteiger partial charge in [0.05, 0.1) is 6.61 Å². The number of furan rings is 1. The highest BCUT2D eigenvalue weighted by Gasteiger charge is 2.18. The summed E-state index contributed by atoms with van der Waals surface area (Å²) in [5, 5.41) is 11.1. The Balaban J connectivity index is 1.56. The molecule has 0 saturated carbocycles. The third-order valence-electron chi connectivity index (χ3n) is 3.70. The first-order valence-electron chi connectivity index (χ1n) is 8.10. The topological polar surface area (TPSA) is 90.4 Å². The van der Waals surface area contributed by atoms with E-state index in [4.69, 9.17) is 13.6 Å². The molecule has 0 unspecified atom stereocenters. The summed E-state index contributed by atoms with van der Waals surface area (Å²) in [7, 11) is 0. The molecule has 2 aromatic heterocycles. The highest BCUT2D eigenvalue weighted by Crippen LogP contribution is 2.29. The van der Waals surface area contributed by atoms with E-state index in [2.05, 4.69) is 15.5 Å². The maximum atomic E-state index is 12.4. The normalized spacial score (nSPS) is 10.8. The Labute approximate surface area is 148 Å². The zero-order valence-corrected chi connectivity index (χ0v) is 13.9. The second kappa shape index (κ2) is 6.72. The Hall–Kier alpha value is -3.61. The van der Waals surface area contributed by atoms with Crippen molar-refractivity contribution in [1.82, 2.24) is 10.2 Å². The number of amides is 1. The second-order valence-electron chi connectivity index (χ2n) is 5.45. The largest absolute Gasteiger partial charge is 0.490 e. The molecule has 0 saturated heterocycles. The number of nitrogens with zero attached hydrogens (tertiary/aromatic N) is 2. The van der Waals surface area contributed by atoms with Gasteiger partial charge in [-0.25, -0.2) is 0 Å². The number of fused-ring (bicyclic) bond motifs is 1. The first kappa shape index (κ1) is 15.9. The maximum absolute atomic E-state index is 12.4. The van der Waals surface area contributed by atoms with Crippen LogP contribution in [-0.2, 0) is 0 Å². The number of ether oxygens (including phenoxy) is 1. The molecule has 1 N–H and O–H groups in total. The summed E-state index contributed by atoms with van der Waals surface area (Å²) in [6, 6.07) is 16.4. The van der Waals surface area contributed by atoms with Crippen LogP contribution in [0, 0.1) is 0 Å². The second-order valence-corrected chi connectivity index (χ2v) is 5.45. The first-order valence-corrected chi connectivity index (χ1v) is 8.10. The Morgan fingerprint density at radius 2 is 1.92 bits per heavy atom. The van der Waals surface area contributed by atoms with E-state index in [9.17, 15) is 4.79 Å². The van der Waals surface area contributed by atoms with Gasteiger partial charge in [0, 0.05) is 10.9 Å². The summed E-state index contributed by atoms with van der Waals surface area (Å²) in [6.07, 6.45) is 0. The highest BCUT2D eigenvalue weighted by molar-refractivity contribution is 6.04. The molecule has 2 aromatic carbocycles. The van der Waals surface area contributed by atoms with Crippen molar-refractivity contribution >= 4 is 22.9 Å². The molecular formula is C19H15N3O4. The van der Waals surface area contributed by atoms with Gasteiger partial charge in [0.1, 0.15) is 0 Å². The van der Waals surface area contributed by atoms with E-state index >= 15 is 0 Å². The Bertz CT molecular complexity index is 1050. The zero-order chi connectivity index (χ0) is 17.9. The van der Waals surface area contributed by atoms with E-state index in [1.807, 2.05) is 49.4 Å². The Morgan fingerprint density at radius 3 is 2.73 bits per heavy atom. The highest BCUT2D eigenvalue weighted by atomic mass is 16.5. The van der Waals surface area contributed by atoms with Gasteiger partial charge >= 0.3 is 6.01 Å². The van der Waals surface area contributed by atoms with Gasteiger partial charge in [-0.05, 0) is 31.2 Å². The molecule has 4 aromatic rings. The smallest absolute Gasteiger partial charge is 0.322 e. The molecule has 0 aliphatic carbocycles. The van der Waals surface area contributed by atoms with Crippen molar-refractivity contribution in [2.24, 2.45) is 0 Å². The SMILES string of the molecule is CCOc1cccc2cc(C(=O)Nc3nnc(-c4ccccc4)o3)oc12. The number of aromatic nitrogens is 2. The molecule has 0 fully saturated rings. The van der Waals surface area contributed by atoms with Crippen LogP contribution in [0.5, 0.6) is 5.75 Å². The zero-order valence-electron chi connectivity index (χ0n) is 13.9. The third-order valence-corrected chi connectivity index (χ3v) is 3.70. The maximum Gasteiger partial charge on any atom is 0.322 e. The minimum Gasteiger partial charge on any atom is -0.490 e. The van der Waals surface area contributed by atoms with Crippen molar-refractivity contribution < 1.29 is 18.4 Å². The van der Waals surface area contributed by atoms with Crippen LogP contribution >= 0.6 is 0 Å². The molecule has 130 valence electrons. The van der Waals surface area contributed by atoms with Crippen molar-refractivity contribution in [3.8, 4) is 17.2 Å². The lowest BCUT2D eigenvalue weighted by Crippen LogP contribution is -2.10. The van der Waals surface area contributed by atoms with Crippen molar-refractivity contribution in [3.63, 3.8) is 0 Å². The van der Waals surface area contributed by atoms with Gasteiger partial charge in [0.25, 0.3) is 5.91 Å². The van der Waals surface area contributed by atoms with Crippen LogP contribution in [0.3, 0.4) is 0 Å². The lowest BCUT2D eigenvalue weighted by molar-refractivity contribution is 0.0995. The van der Waals surface area contributed by atoms with E-state index in [0.29, 0.717) is 23.8 Å². The van der Waals surface area contributed by atoms with Crippen molar-refractivity contribution in [1.29, 1.82) is 0 Å². The van der Waals surface area contributed by atoms with Crippen LogP contribution in [0.2, 0.25) is 0 Å². The van der Waals surface area contributed by atoms with E-state index in [-0.39, 0.29) is 11.8 Å². The third kappa shape index (κ3) is 3.02. The fourth-order valence-corrected chi connectivity index (χ4v) is 2.55. The number of hydrogen-bond donors (Lipinski definition) is 1. The first-order chi connectivity index (χ1) is 12.7. The molecule has 0 aliphatic rings. The standard InChI is InChI=1S/C19H15N3O4/c1-2-24-14-10-6-9-13-11-15(25-16(13)14)17(23)20-19-22-21-18(26-19)12-7-4-3-5-8-12/h3-11H,2H2,1H3,(H,20,22,23). The molecule has 4 rings (SSSR count). The van der Waals surface area contributed by atoms with Gasteiger partial charge < -0.3 is 13.6 Å². The lowest BCUT2D eigenvalue weighted by atomic mass is 10.2. The average Bonchev–Trinajstić information content (AvgIpc) is 3.30. The van der Waals surface area contributed by atoms with Gasteiger partial charge in [0.15, 0.2) is 17.1 Å². The Morgan fingerprint density at radius 1 is 1.08 bits per heavy atom.